The molecule has 0 aliphatic carbocycles. The number of anilines is 1. The van der Waals surface area contributed by atoms with Crippen LogP contribution in [0.3, 0.4) is 0 Å². The van der Waals surface area contributed by atoms with Crippen LogP contribution in [0.1, 0.15) is 6.92 Å². The second-order valence-electron chi connectivity index (χ2n) is 5.26. The zero-order valence-electron chi connectivity index (χ0n) is 14.1. The monoisotopic (exact) mass is 432 g/mol. The minimum absolute atomic E-state index is 0.0828. The largest absolute Gasteiger partial charge is 0.494 e. The Morgan fingerprint density at radius 2 is 1.92 bits per heavy atom. The summed E-state index contributed by atoms with van der Waals surface area (Å²) in [6.45, 7) is 2.50. The summed E-state index contributed by atoms with van der Waals surface area (Å²) in [5, 5.41) is 5.20. The second-order valence-corrected chi connectivity index (χ2v) is 6.98. The van der Waals surface area contributed by atoms with Crippen LogP contribution < -0.4 is 14.8 Å². The summed E-state index contributed by atoms with van der Waals surface area (Å²) in [7, 11) is 0. The van der Waals surface area contributed by atoms with Gasteiger partial charge in [0.15, 0.2) is 11.7 Å². The summed E-state index contributed by atoms with van der Waals surface area (Å²) < 4.78 is 11.7. The molecule has 0 spiro atoms. The molecule has 134 valence electrons. The van der Waals surface area contributed by atoms with Gasteiger partial charge < -0.3 is 9.47 Å². The van der Waals surface area contributed by atoms with Crippen LogP contribution in [0.15, 0.2) is 58.4 Å². The van der Waals surface area contributed by atoms with Crippen LogP contribution in [0, 0.1) is 0 Å². The number of halogens is 1. The van der Waals surface area contributed by atoms with Gasteiger partial charge in [-0.05, 0) is 59.3 Å². The number of nitrogens with one attached hydrogen (secondary N) is 1. The van der Waals surface area contributed by atoms with Crippen molar-refractivity contribution >= 4 is 38.3 Å². The van der Waals surface area contributed by atoms with Crippen molar-refractivity contribution in [2.24, 2.45) is 0 Å². The number of rotatable bonds is 7. The molecular weight excluding hydrogens is 416 g/mol. The fraction of sp³-hybridized carbons (Fsp3) is 0.158. The van der Waals surface area contributed by atoms with Gasteiger partial charge in [-0.2, -0.15) is 0 Å². The number of benzene rings is 2. The molecule has 0 saturated carbocycles. The number of aromatic nitrogens is 1. The van der Waals surface area contributed by atoms with Crippen LogP contribution in [0.4, 0.5) is 5.13 Å². The lowest BCUT2D eigenvalue weighted by Gasteiger charge is -2.07. The van der Waals surface area contributed by atoms with E-state index >= 15 is 0 Å². The summed E-state index contributed by atoms with van der Waals surface area (Å²) in [5.41, 5.74) is 1.77. The van der Waals surface area contributed by atoms with Crippen LogP contribution >= 0.6 is 27.3 Å². The van der Waals surface area contributed by atoms with E-state index < -0.39 is 0 Å². The van der Waals surface area contributed by atoms with Crippen molar-refractivity contribution in [2.75, 3.05) is 18.5 Å². The molecule has 1 aromatic heterocycles. The van der Waals surface area contributed by atoms with Gasteiger partial charge in [0.1, 0.15) is 11.5 Å². The van der Waals surface area contributed by atoms with Gasteiger partial charge in [0.25, 0.3) is 5.91 Å². The van der Waals surface area contributed by atoms with Crippen molar-refractivity contribution in [3.05, 3.63) is 58.4 Å². The molecule has 0 unspecified atom stereocenters. The Hall–Kier alpha value is -2.38. The van der Waals surface area contributed by atoms with Crippen molar-refractivity contribution in [3.63, 3.8) is 0 Å². The highest BCUT2D eigenvalue weighted by atomic mass is 79.9. The second kappa shape index (κ2) is 8.82. The molecular formula is C19H17BrN2O3S. The first-order valence-electron chi connectivity index (χ1n) is 8.01. The summed E-state index contributed by atoms with van der Waals surface area (Å²) in [6, 6.07) is 15.1. The number of ether oxygens (including phenoxy) is 2. The first-order valence-corrected chi connectivity index (χ1v) is 9.69. The van der Waals surface area contributed by atoms with Crippen molar-refractivity contribution in [1.29, 1.82) is 0 Å². The Kier molecular flexibility index (Phi) is 6.25. The predicted octanol–water partition coefficient (Wildman–Crippen LogP) is 4.99. The van der Waals surface area contributed by atoms with Gasteiger partial charge in [0.2, 0.25) is 0 Å². The van der Waals surface area contributed by atoms with E-state index in [0.29, 0.717) is 17.5 Å². The summed E-state index contributed by atoms with van der Waals surface area (Å²) in [5.74, 6) is 1.19. The Morgan fingerprint density at radius 3 is 2.65 bits per heavy atom. The third kappa shape index (κ3) is 4.83. The Morgan fingerprint density at radius 1 is 1.15 bits per heavy atom. The standard InChI is InChI=1S/C19H17BrN2O3S/c1-2-24-14-9-7-13(8-10-14)16-12-26-19(21-16)22-18(23)11-25-17-6-4-3-5-15(17)20/h3-10,12H,2,11H2,1H3,(H,21,22,23). The minimum atomic E-state index is -0.256. The SMILES string of the molecule is CCOc1ccc(-c2csc(NC(=O)COc3ccccc3Br)n2)cc1. The molecule has 0 aliphatic heterocycles. The molecule has 3 aromatic rings. The summed E-state index contributed by atoms with van der Waals surface area (Å²) in [4.78, 5) is 16.5. The zero-order valence-corrected chi connectivity index (χ0v) is 16.5. The third-order valence-electron chi connectivity index (χ3n) is 3.41. The number of hydrogen-bond acceptors (Lipinski definition) is 5. The molecule has 0 bridgehead atoms. The van der Waals surface area contributed by atoms with E-state index in [1.54, 1.807) is 6.07 Å². The maximum Gasteiger partial charge on any atom is 0.264 e. The van der Waals surface area contributed by atoms with Crippen molar-refractivity contribution in [2.45, 2.75) is 6.92 Å². The van der Waals surface area contributed by atoms with Crippen molar-refractivity contribution in [1.82, 2.24) is 4.98 Å². The summed E-state index contributed by atoms with van der Waals surface area (Å²) >= 11 is 4.75. The van der Waals surface area contributed by atoms with E-state index in [-0.39, 0.29) is 12.5 Å². The maximum absolute atomic E-state index is 12.1. The van der Waals surface area contributed by atoms with Gasteiger partial charge in [0.05, 0.1) is 16.8 Å². The summed E-state index contributed by atoms with van der Waals surface area (Å²) in [6.07, 6.45) is 0. The molecule has 0 fully saturated rings. The number of nitrogens with zero attached hydrogens (tertiary/aromatic N) is 1. The highest BCUT2D eigenvalue weighted by Gasteiger charge is 2.10. The Bertz CT molecular complexity index is 881. The van der Waals surface area contributed by atoms with Gasteiger partial charge in [-0.1, -0.05) is 12.1 Å². The topological polar surface area (TPSA) is 60.5 Å². The van der Waals surface area contributed by atoms with E-state index in [0.717, 1.165) is 21.5 Å². The molecule has 7 heteroatoms. The van der Waals surface area contributed by atoms with Gasteiger partial charge in [-0.15, -0.1) is 11.3 Å². The number of carbonyl (C=O) groups is 1. The van der Waals surface area contributed by atoms with E-state index in [1.165, 1.54) is 11.3 Å². The molecule has 1 N–H and O–H groups in total. The lowest BCUT2D eigenvalue weighted by atomic mass is 10.2. The van der Waals surface area contributed by atoms with Crippen LogP contribution in [0.25, 0.3) is 11.3 Å². The maximum atomic E-state index is 12.1. The Labute approximate surface area is 164 Å². The van der Waals surface area contributed by atoms with Crippen LogP contribution in [0.2, 0.25) is 0 Å². The molecule has 2 aromatic carbocycles. The number of carbonyl (C=O) groups excluding carboxylic acids is 1. The molecule has 0 saturated heterocycles. The molecule has 1 amide bonds. The van der Waals surface area contributed by atoms with Gasteiger partial charge in [0, 0.05) is 10.9 Å². The zero-order chi connectivity index (χ0) is 18.4. The number of hydrogen-bond donors (Lipinski definition) is 1. The number of amides is 1. The molecule has 0 radical (unpaired) electrons. The lowest BCUT2D eigenvalue weighted by molar-refractivity contribution is -0.118. The molecule has 3 rings (SSSR count). The molecule has 26 heavy (non-hydrogen) atoms. The quantitative estimate of drug-likeness (QED) is 0.571. The van der Waals surface area contributed by atoms with Crippen LogP contribution in [0.5, 0.6) is 11.5 Å². The van der Waals surface area contributed by atoms with E-state index in [4.69, 9.17) is 9.47 Å². The van der Waals surface area contributed by atoms with Crippen LogP contribution in [-0.2, 0) is 4.79 Å². The van der Waals surface area contributed by atoms with E-state index in [2.05, 4.69) is 26.2 Å². The predicted molar refractivity (Wildman–Crippen MR) is 107 cm³/mol. The van der Waals surface area contributed by atoms with Crippen molar-refractivity contribution in [3.8, 4) is 22.8 Å². The minimum Gasteiger partial charge on any atom is -0.494 e. The smallest absolute Gasteiger partial charge is 0.264 e. The van der Waals surface area contributed by atoms with Gasteiger partial charge in [-0.3, -0.25) is 10.1 Å². The van der Waals surface area contributed by atoms with Crippen molar-refractivity contribution < 1.29 is 14.3 Å². The third-order valence-corrected chi connectivity index (χ3v) is 4.82. The van der Waals surface area contributed by atoms with E-state index in [9.17, 15) is 4.79 Å². The van der Waals surface area contributed by atoms with E-state index in [1.807, 2.05) is 54.8 Å². The van der Waals surface area contributed by atoms with Crippen LogP contribution in [-0.4, -0.2) is 24.1 Å². The molecule has 1 heterocycles. The first-order chi connectivity index (χ1) is 12.7. The molecule has 0 aliphatic rings. The molecule has 0 atom stereocenters. The Balaban J connectivity index is 1.57. The first kappa shape index (κ1) is 18.4. The average molecular weight is 433 g/mol. The number of para-hydroxylation sites is 1. The highest BCUT2D eigenvalue weighted by molar-refractivity contribution is 9.10. The highest BCUT2D eigenvalue weighted by Crippen LogP contribution is 2.27. The fourth-order valence-electron chi connectivity index (χ4n) is 2.21. The van der Waals surface area contributed by atoms with Gasteiger partial charge >= 0.3 is 0 Å². The normalized spacial score (nSPS) is 10.4. The fourth-order valence-corrected chi connectivity index (χ4v) is 3.35. The average Bonchev–Trinajstić information content (AvgIpc) is 3.10. The number of thiazole rings is 1. The lowest BCUT2D eigenvalue weighted by Crippen LogP contribution is -2.20. The van der Waals surface area contributed by atoms with Gasteiger partial charge in [-0.25, -0.2) is 4.98 Å². The molecule has 5 nitrogen and oxygen atoms in total.